The van der Waals surface area contributed by atoms with E-state index in [0.29, 0.717) is 0 Å². The summed E-state index contributed by atoms with van der Waals surface area (Å²) in [5.74, 6) is 0. The number of aromatic amines is 1. The summed E-state index contributed by atoms with van der Waals surface area (Å²) in [6, 6.07) is 8.46. The summed E-state index contributed by atoms with van der Waals surface area (Å²) in [5, 5.41) is 1.41. The van der Waals surface area contributed by atoms with Gasteiger partial charge in [-0.15, -0.1) is 0 Å². The van der Waals surface area contributed by atoms with Crippen LogP contribution in [0.1, 0.15) is 11.3 Å². The molecule has 0 unspecified atom stereocenters. The number of H-pyrrole nitrogens is 1. The van der Waals surface area contributed by atoms with Crippen LogP contribution in [0.4, 0.5) is 0 Å². The van der Waals surface area contributed by atoms with Crippen LogP contribution in [0, 0.1) is 0 Å². The SMILES string of the molecule is c1ccc2c3c([nH]c2c1)C3. The molecule has 10 heavy (non-hydrogen) atoms. The Balaban J connectivity index is 2.60. The Hall–Kier alpha value is -1.24. The third-order valence-electron chi connectivity index (χ3n) is 2.13. The molecule has 1 aromatic heterocycles. The number of hydrogen-bond donors (Lipinski definition) is 1. The fraction of sp³-hybridized carbons (Fsp3) is 0.111. The molecule has 1 heterocycles. The van der Waals surface area contributed by atoms with E-state index in [-0.39, 0.29) is 0 Å². The molecule has 0 saturated heterocycles. The molecule has 1 heteroatoms. The summed E-state index contributed by atoms with van der Waals surface area (Å²) in [5.41, 5.74) is 4.25. The van der Waals surface area contributed by atoms with Crippen LogP contribution in [0.15, 0.2) is 24.3 Å². The molecule has 1 aliphatic rings. The summed E-state index contributed by atoms with van der Waals surface area (Å²) >= 11 is 0. The van der Waals surface area contributed by atoms with E-state index in [1.54, 1.807) is 0 Å². The van der Waals surface area contributed by atoms with E-state index in [9.17, 15) is 0 Å². The minimum atomic E-state index is 1.19. The normalized spacial score (nSPS) is 13.6. The van der Waals surface area contributed by atoms with Crippen molar-refractivity contribution in [3.8, 4) is 0 Å². The van der Waals surface area contributed by atoms with E-state index in [2.05, 4.69) is 29.2 Å². The quantitative estimate of drug-likeness (QED) is 0.478. The second-order valence-electron chi connectivity index (χ2n) is 2.80. The molecule has 0 amide bonds. The van der Waals surface area contributed by atoms with Gasteiger partial charge in [0.15, 0.2) is 0 Å². The zero-order valence-corrected chi connectivity index (χ0v) is 5.52. The van der Waals surface area contributed by atoms with E-state index in [1.807, 2.05) is 0 Å². The van der Waals surface area contributed by atoms with Crippen LogP contribution >= 0.6 is 0 Å². The molecular weight excluding hydrogens is 122 g/mol. The molecule has 1 N–H and O–H groups in total. The number of fused-ring (bicyclic) bond motifs is 3. The van der Waals surface area contributed by atoms with Gasteiger partial charge in [0.2, 0.25) is 0 Å². The van der Waals surface area contributed by atoms with E-state index in [0.717, 1.165) is 0 Å². The van der Waals surface area contributed by atoms with E-state index >= 15 is 0 Å². The maximum Gasteiger partial charge on any atom is 0.0459 e. The van der Waals surface area contributed by atoms with Gasteiger partial charge < -0.3 is 4.98 Å². The number of aromatic nitrogens is 1. The highest BCUT2D eigenvalue weighted by Gasteiger charge is 2.21. The molecular formula is C9H7N. The van der Waals surface area contributed by atoms with Gasteiger partial charge in [0.1, 0.15) is 0 Å². The third-order valence-corrected chi connectivity index (χ3v) is 2.13. The number of rotatable bonds is 0. The van der Waals surface area contributed by atoms with Gasteiger partial charge in [-0.25, -0.2) is 0 Å². The predicted molar refractivity (Wildman–Crippen MR) is 41.1 cm³/mol. The van der Waals surface area contributed by atoms with Gasteiger partial charge >= 0.3 is 0 Å². The van der Waals surface area contributed by atoms with Crippen molar-refractivity contribution in [2.45, 2.75) is 6.42 Å². The van der Waals surface area contributed by atoms with Crippen molar-refractivity contribution in [3.63, 3.8) is 0 Å². The lowest BCUT2D eigenvalue weighted by atomic mass is 10.2. The monoisotopic (exact) mass is 129 g/mol. The number of benzene rings is 1. The van der Waals surface area contributed by atoms with Gasteiger partial charge in [0.05, 0.1) is 0 Å². The molecule has 2 aromatic rings. The standard InChI is InChI=1S/C9H7N/c1-2-4-8-6(3-1)7-5-9(7)10-8/h1-4,10H,5H2. The molecule has 0 spiro atoms. The van der Waals surface area contributed by atoms with Crippen LogP contribution in [0.25, 0.3) is 10.9 Å². The molecule has 0 fully saturated rings. The second kappa shape index (κ2) is 1.26. The Bertz CT molecular complexity index is 398. The Labute approximate surface area is 58.7 Å². The molecule has 1 aliphatic carbocycles. The summed E-state index contributed by atoms with van der Waals surface area (Å²) in [7, 11) is 0. The lowest BCUT2D eigenvalue weighted by Crippen LogP contribution is -1.69. The molecule has 1 aromatic carbocycles. The van der Waals surface area contributed by atoms with Crippen molar-refractivity contribution in [2.24, 2.45) is 0 Å². The van der Waals surface area contributed by atoms with Gasteiger partial charge in [-0.3, -0.25) is 0 Å². The summed E-state index contributed by atoms with van der Waals surface area (Å²) < 4.78 is 0. The number of hydrogen-bond acceptors (Lipinski definition) is 0. The smallest absolute Gasteiger partial charge is 0.0459 e. The van der Waals surface area contributed by atoms with Crippen molar-refractivity contribution in [2.75, 3.05) is 0 Å². The van der Waals surface area contributed by atoms with Crippen LogP contribution in [0.3, 0.4) is 0 Å². The Morgan fingerprint density at radius 2 is 2.10 bits per heavy atom. The third kappa shape index (κ3) is 0.397. The van der Waals surface area contributed by atoms with Gasteiger partial charge in [0.25, 0.3) is 0 Å². The number of nitrogens with one attached hydrogen (secondary N) is 1. The van der Waals surface area contributed by atoms with E-state index < -0.39 is 0 Å². The van der Waals surface area contributed by atoms with Crippen LogP contribution in [-0.2, 0) is 6.42 Å². The zero-order chi connectivity index (χ0) is 6.55. The lowest BCUT2D eigenvalue weighted by Gasteiger charge is -1.87. The maximum absolute atomic E-state index is 3.35. The lowest BCUT2D eigenvalue weighted by molar-refractivity contribution is 1.36. The average Bonchev–Trinajstić information content (AvgIpc) is 2.64. The van der Waals surface area contributed by atoms with Crippen molar-refractivity contribution < 1.29 is 0 Å². The van der Waals surface area contributed by atoms with Gasteiger partial charge in [-0.1, -0.05) is 18.2 Å². The van der Waals surface area contributed by atoms with Crippen molar-refractivity contribution in [1.29, 1.82) is 0 Å². The molecule has 48 valence electrons. The van der Waals surface area contributed by atoms with Crippen molar-refractivity contribution >= 4 is 10.9 Å². The summed E-state index contributed by atoms with van der Waals surface area (Å²) in [4.78, 5) is 3.35. The zero-order valence-electron chi connectivity index (χ0n) is 5.52. The van der Waals surface area contributed by atoms with Gasteiger partial charge in [-0.05, 0) is 11.6 Å². The summed E-state index contributed by atoms with van der Waals surface area (Å²) in [6.07, 6.45) is 1.19. The first-order valence-electron chi connectivity index (χ1n) is 3.53. The van der Waals surface area contributed by atoms with Crippen molar-refractivity contribution in [1.82, 2.24) is 4.98 Å². The number of para-hydroxylation sites is 1. The molecule has 0 radical (unpaired) electrons. The van der Waals surface area contributed by atoms with E-state index in [4.69, 9.17) is 0 Å². The van der Waals surface area contributed by atoms with Crippen molar-refractivity contribution in [3.05, 3.63) is 35.5 Å². The topological polar surface area (TPSA) is 15.8 Å². The van der Waals surface area contributed by atoms with Crippen LogP contribution < -0.4 is 0 Å². The Kier molecular flexibility index (Phi) is 0.575. The molecule has 0 aliphatic heterocycles. The molecule has 0 bridgehead atoms. The van der Waals surface area contributed by atoms with Crippen LogP contribution in [0.2, 0.25) is 0 Å². The average molecular weight is 129 g/mol. The first-order valence-corrected chi connectivity index (χ1v) is 3.53. The summed E-state index contributed by atoms with van der Waals surface area (Å²) in [6.45, 7) is 0. The fourth-order valence-corrected chi connectivity index (χ4v) is 1.53. The van der Waals surface area contributed by atoms with Gasteiger partial charge in [-0.2, -0.15) is 0 Å². The Morgan fingerprint density at radius 3 is 3.00 bits per heavy atom. The molecule has 1 nitrogen and oxygen atoms in total. The second-order valence-corrected chi connectivity index (χ2v) is 2.80. The molecule has 3 rings (SSSR count). The molecule has 0 atom stereocenters. The predicted octanol–water partition coefficient (Wildman–Crippen LogP) is 2.07. The largest absolute Gasteiger partial charge is 0.358 e. The maximum atomic E-state index is 3.35. The first kappa shape index (κ1) is 4.56. The highest BCUT2D eigenvalue weighted by atomic mass is 14.8. The fourth-order valence-electron chi connectivity index (χ4n) is 1.53. The van der Waals surface area contributed by atoms with Crippen LogP contribution in [0.5, 0.6) is 0 Å². The van der Waals surface area contributed by atoms with E-state index in [1.165, 1.54) is 28.6 Å². The minimum Gasteiger partial charge on any atom is -0.358 e. The first-order chi connectivity index (χ1) is 4.95. The Morgan fingerprint density at radius 1 is 1.20 bits per heavy atom. The molecule has 0 saturated carbocycles. The highest BCUT2D eigenvalue weighted by molar-refractivity contribution is 5.89. The van der Waals surface area contributed by atoms with Gasteiger partial charge in [0, 0.05) is 23.0 Å². The minimum absolute atomic E-state index is 1.19. The van der Waals surface area contributed by atoms with Crippen LogP contribution in [-0.4, -0.2) is 4.98 Å². The highest BCUT2D eigenvalue weighted by Crippen LogP contribution is 2.34.